The number of hydrogen-bond donors (Lipinski definition) is 1. The van der Waals surface area contributed by atoms with Gasteiger partial charge in [-0.1, -0.05) is 29.8 Å². The Kier molecular flexibility index (Phi) is 2.74. The van der Waals surface area contributed by atoms with Gasteiger partial charge in [0.25, 0.3) is 0 Å². The normalized spacial score (nSPS) is 11.7. The minimum absolute atomic E-state index is 0.324. The van der Waals surface area contributed by atoms with E-state index in [4.69, 9.17) is 11.6 Å². The molecule has 3 nitrogen and oxygen atoms in total. The topological polar surface area (TPSA) is 37.5 Å². The van der Waals surface area contributed by atoms with Crippen molar-refractivity contribution in [2.24, 2.45) is 4.99 Å². The summed E-state index contributed by atoms with van der Waals surface area (Å²) in [6.45, 7) is 0. The standard InChI is InChI=1S/C11H9ClN2O/c12-10-7-4-8-14(15)11(10)13-9-5-2-1-3-6-9/h1-8,15H. The lowest BCUT2D eigenvalue weighted by Crippen LogP contribution is -2.18. The third-order valence-electron chi connectivity index (χ3n) is 1.89. The van der Waals surface area contributed by atoms with E-state index in [0.29, 0.717) is 10.5 Å². The van der Waals surface area contributed by atoms with Crippen molar-refractivity contribution in [2.75, 3.05) is 0 Å². The highest BCUT2D eigenvalue weighted by Gasteiger charge is 1.96. The van der Waals surface area contributed by atoms with Crippen LogP contribution in [0.1, 0.15) is 0 Å². The van der Waals surface area contributed by atoms with E-state index in [0.717, 1.165) is 10.4 Å². The maximum absolute atomic E-state index is 9.49. The molecule has 0 atom stereocenters. The molecular formula is C11H9ClN2O. The summed E-state index contributed by atoms with van der Waals surface area (Å²) in [5.74, 6) is 0. The van der Waals surface area contributed by atoms with Crippen molar-refractivity contribution in [2.45, 2.75) is 0 Å². The smallest absolute Gasteiger partial charge is 0.187 e. The highest BCUT2D eigenvalue weighted by Crippen LogP contribution is 2.09. The Morgan fingerprint density at radius 1 is 1.07 bits per heavy atom. The number of aromatic nitrogens is 1. The second-order valence-corrected chi connectivity index (χ2v) is 3.38. The summed E-state index contributed by atoms with van der Waals surface area (Å²) >= 11 is 5.90. The SMILES string of the molecule is On1cccc(Cl)c1=Nc1ccccc1. The Morgan fingerprint density at radius 2 is 1.80 bits per heavy atom. The minimum Gasteiger partial charge on any atom is -0.427 e. The third kappa shape index (κ3) is 2.19. The van der Waals surface area contributed by atoms with Crippen LogP contribution >= 0.6 is 11.6 Å². The van der Waals surface area contributed by atoms with Crippen LogP contribution in [-0.4, -0.2) is 9.94 Å². The monoisotopic (exact) mass is 220 g/mol. The molecule has 1 aromatic carbocycles. The fraction of sp³-hybridized carbons (Fsp3) is 0. The average Bonchev–Trinajstić information content (AvgIpc) is 2.25. The molecule has 0 fully saturated rings. The van der Waals surface area contributed by atoms with E-state index in [1.54, 1.807) is 12.1 Å². The molecule has 0 radical (unpaired) electrons. The number of para-hydroxylation sites is 1. The highest BCUT2D eigenvalue weighted by molar-refractivity contribution is 6.30. The van der Waals surface area contributed by atoms with Gasteiger partial charge in [0, 0.05) is 6.20 Å². The van der Waals surface area contributed by atoms with Gasteiger partial charge in [-0.2, -0.15) is 4.73 Å². The largest absolute Gasteiger partial charge is 0.427 e. The first-order valence-corrected chi connectivity index (χ1v) is 4.81. The molecule has 1 heterocycles. The molecule has 76 valence electrons. The first-order chi connectivity index (χ1) is 7.27. The van der Waals surface area contributed by atoms with Crippen molar-refractivity contribution in [1.29, 1.82) is 0 Å². The lowest BCUT2D eigenvalue weighted by Gasteiger charge is -1.99. The number of halogens is 1. The summed E-state index contributed by atoms with van der Waals surface area (Å²) < 4.78 is 0.898. The number of rotatable bonds is 1. The predicted octanol–water partition coefficient (Wildman–Crippen LogP) is 2.61. The molecule has 0 bridgehead atoms. The van der Waals surface area contributed by atoms with E-state index in [-0.39, 0.29) is 0 Å². The average molecular weight is 221 g/mol. The van der Waals surface area contributed by atoms with Crippen LogP contribution in [0.25, 0.3) is 0 Å². The zero-order valence-electron chi connectivity index (χ0n) is 7.84. The van der Waals surface area contributed by atoms with Gasteiger partial charge in [-0.25, -0.2) is 4.99 Å². The van der Waals surface area contributed by atoms with Gasteiger partial charge in [-0.05, 0) is 24.3 Å². The van der Waals surface area contributed by atoms with Crippen LogP contribution in [0.5, 0.6) is 0 Å². The van der Waals surface area contributed by atoms with E-state index in [9.17, 15) is 5.21 Å². The van der Waals surface area contributed by atoms with Crippen molar-refractivity contribution < 1.29 is 5.21 Å². The quantitative estimate of drug-likeness (QED) is 0.737. The lowest BCUT2D eigenvalue weighted by molar-refractivity contribution is 0.172. The summed E-state index contributed by atoms with van der Waals surface area (Å²) in [6.07, 6.45) is 1.48. The third-order valence-corrected chi connectivity index (χ3v) is 2.19. The molecule has 15 heavy (non-hydrogen) atoms. The van der Waals surface area contributed by atoms with E-state index >= 15 is 0 Å². The minimum atomic E-state index is 0.324. The van der Waals surface area contributed by atoms with Gasteiger partial charge >= 0.3 is 0 Å². The van der Waals surface area contributed by atoms with Crippen molar-refractivity contribution in [3.8, 4) is 0 Å². The van der Waals surface area contributed by atoms with Crippen molar-refractivity contribution in [3.05, 3.63) is 59.2 Å². The molecular weight excluding hydrogens is 212 g/mol. The molecule has 0 saturated heterocycles. The summed E-state index contributed by atoms with van der Waals surface area (Å²) in [6, 6.07) is 12.6. The van der Waals surface area contributed by atoms with E-state index in [2.05, 4.69) is 4.99 Å². The first kappa shape index (κ1) is 9.80. The predicted molar refractivity (Wildman–Crippen MR) is 58.3 cm³/mol. The maximum Gasteiger partial charge on any atom is 0.187 e. The van der Waals surface area contributed by atoms with Crippen molar-refractivity contribution >= 4 is 17.3 Å². The second kappa shape index (κ2) is 4.19. The maximum atomic E-state index is 9.49. The first-order valence-electron chi connectivity index (χ1n) is 4.43. The Morgan fingerprint density at radius 3 is 2.47 bits per heavy atom. The fourth-order valence-corrected chi connectivity index (χ4v) is 1.39. The Labute approximate surface area is 91.9 Å². The second-order valence-electron chi connectivity index (χ2n) is 2.97. The van der Waals surface area contributed by atoms with Crippen molar-refractivity contribution in [1.82, 2.24) is 4.73 Å². The Hall–Kier alpha value is -1.74. The van der Waals surface area contributed by atoms with Gasteiger partial charge in [0.1, 0.15) is 0 Å². The molecule has 0 aliphatic rings. The van der Waals surface area contributed by atoms with Crippen LogP contribution in [0.3, 0.4) is 0 Å². The highest BCUT2D eigenvalue weighted by atomic mass is 35.5. The summed E-state index contributed by atoms with van der Waals surface area (Å²) in [5, 5.41) is 9.90. The van der Waals surface area contributed by atoms with Gasteiger partial charge in [-0.3, -0.25) is 0 Å². The van der Waals surface area contributed by atoms with Crippen molar-refractivity contribution in [3.63, 3.8) is 0 Å². The molecule has 2 rings (SSSR count). The van der Waals surface area contributed by atoms with Gasteiger partial charge in [0.05, 0.1) is 10.7 Å². The lowest BCUT2D eigenvalue weighted by atomic mass is 10.3. The molecule has 1 aromatic heterocycles. The van der Waals surface area contributed by atoms with Gasteiger partial charge in [0.2, 0.25) is 0 Å². The molecule has 0 aliphatic heterocycles. The molecule has 0 unspecified atom stereocenters. The summed E-state index contributed by atoms with van der Waals surface area (Å²) in [7, 11) is 0. The van der Waals surface area contributed by atoms with Crippen LogP contribution in [0.4, 0.5) is 5.69 Å². The zero-order chi connectivity index (χ0) is 10.7. The molecule has 4 heteroatoms. The summed E-state index contributed by atoms with van der Waals surface area (Å²) in [5.41, 5.74) is 1.07. The van der Waals surface area contributed by atoms with E-state index in [1.807, 2.05) is 30.3 Å². The number of nitrogens with zero attached hydrogens (tertiary/aromatic N) is 2. The summed E-state index contributed by atoms with van der Waals surface area (Å²) in [4.78, 5) is 4.22. The molecule has 0 saturated carbocycles. The molecule has 0 spiro atoms. The Bertz CT molecular complexity index is 496. The Balaban J connectivity index is 2.59. The van der Waals surface area contributed by atoms with E-state index < -0.39 is 0 Å². The van der Waals surface area contributed by atoms with Crippen LogP contribution in [-0.2, 0) is 0 Å². The van der Waals surface area contributed by atoms with Crippen LogP contribution in [0.2, 0.25) is 5.02 Å². The van der Waals surface area contributed by atoms with Crippen LogP contribution in [0.15, 0.2) is 53.7 Å². The van der Waals surface area contributed by atoms with Gasteiger partial charge in [0.15, 0.2) is 5.49 Å². The van der Waals surface area contributed by atoms with Crippen LogP contribution in [0, 0.1) is 0 Å². The van der Waals surface area contributed by atoms with Gasteiger partial charge < -0.3 is 5.21 Å². The molecule has 1 N–H and O–H groups in total. The number of benzene rings is 1. The fourth-order valence-electron chi connectivity index (χ4n) is 1.19. The molecule has 0 amide bonds. The van der Waals surface area contributed by atoms with Gasteiger partial charge in [-0.15, -0.1) is 0 Å². The zero-order valence-corrected chi connectivity index (χ0v) is 8.59. The molecule has 0 aliphatic carbocycles. The number of pyridine rings is 1. The number of hydrogen-bond acceptors (Lipinski definition) is 2. The van der Waals surface area contributed by atoms with E-state index in [1.165, 1.54) is 6.20 Å². The van der Waals surface area contributed by atoms with Crippen LogP contribution < -0.4 is 5.49 Å². The molecule has 2 aromatic rings.